The van der Waals surface area contributed by atoms with Crippen LogP contribution < -0.4 is 20.5 Å². The molecule has 1 saturated heterocycles. The fraction of sp³-hybridized carbons (Fsp3) is 0.333. The van der Waals surface area contributed by atoms with Gasteiger partial charge in [0.15, 0.2) is 0 Å². The molecule has 10 nitrogen and oxygen atoms in total. The third kappa shape index (κ3) is 5.22. The fourth-order valence-corrected chi connectivity index (χ4v) is 5.47. The molecule has 11 heteroatoms. The molecular weight excluding hydrogens is 472 g/mol. The van der Waals surface area contributed by atoms with E-state index in [9.17, 15) is 23.1 Å². The Morgan fingerprint density at radius 3 is 2.49 bits per heavy atom. The van der Waals surface area contributed by atoms with E-state index in [0.29, 0.717) is 29.2 Å². The van der Waals surface area contributed by atoms with E-state index in [1.54, 1.807) is 24.3 Å². The zero-order valence-corrected chi connectivity index (χ0v) is 19.8. The standard InChI is InChI=1S/C24H28N4O6S/c25-15-24(23(30)31,28-35(32,33)19-4-2-1-3-5-19)22(29)21-13-17-12-18(6-7-20(17)27-21)34-14-16-8-10-26-11-9-16/h1-7,12-13,16,26-28H,8-11,14-15,25H2,(H,30,31). The molecule has 1 fully saturated rings. The number of Topliss-reactive ketones (excluding diaryl/α,β-unsaturated/α-hetero) is 1. The number of sulfonamides is 1. The van der Waals surface area contributed by atoms with Crippen LogP contribution in [0.1, 0.15) is 23.3 Å². The highest BCUT2D eigenvalue weighted by atomic mass is 32.2. The number of aromatic nitrogens is 1. The molecule has 0 bridgehead atoms. The number of aromatic amines is 1. The topological polar surface area (TPSA) is 164 Å². The molecule has 1 unspecified atom stereocenters. The van der Waals surface area contributed by atoms with Crippen molar-refractivity contribution >= 4 is 32.7 Å². The molecule has 1 aliphatic rings. The summed E-state index contributed by atoms with van der Waals surface area (Å²) < 4.78 is 33.7. The van der Waals surface area contributed by atoms with Gasteiger partial charge in [0.1, 0.15) is 5.75 Å². The van der Waals surface area contributed by atoms with Crippen molar-refractivity contribution < 1.29 is 27.9 Å². The van der Waals surface area contributed by atoms with Gasteiger partial charge in [0.05, 0.1) is 17.2 Å². The summed E-state index contributed by atoms with van der Waals surface area (Å²) in [6, 6.07) is 13.9. The summed E-state index contributed by atoms with van der Waals surface area (Å²) >= 11 is 0. The van der Waals surface area contributed by atoms with Crippen LogP contribution in [0, 0.1) is 5.92 Å². The van der Waals surface area contributed by atoms with Crippen molar-refractivity contribution in [1.29, 1.82) is 0 Å². The van der Waals surface area contributed by atoms with E-state index >= 15 is 0 Å². The predicted molar refractivity (Wildman–Crippen MR) is 130 cm³/mol. The monoisotopic (exact) mass is 500 g/mol. The zero-order valence-electron chi connectivity index (χ0n) is 19.0. The number of carboxylic acids is 1. The number of ether oxygens (including phenoxy) is 1. The van der Waals surface area contributed by atoms with Crippen LogP contribution in [0.2, 0.25) is 0 Å². The van der Waals surface area contributed by atoms with Crippen molar-refractivity contribution in [3.05, 3.63) is 60.3 Å². The van der Waals surface area contributed by atoms with Gasteiger partial charge in [-0.15, -0.1) is 0 Å². The largest absolute Gasteiger partial charge is 0.493 e. The molecule has 35 heavy (non-hydrogen) atoms. The summed E-state index contributed by atoms with van der Waals surface area (Å²) in [5.41, 5.74) is 3.59. The van der Waals surface area contributed by atoms with Gasteiger partial charge in [-0.25, -0.2) is 13.2 Å². The Morgan fingerprint density at radius 2 is 1.83 bits per heavy atom. The SMILES string of the molecule is NCC(NS(=O)(=O)c1ccccc1)(C(=O)O)C(=O)c1cc2cc(OCC3CCNCC3)ccc2[nH]1. The van der Waals surface area contributed by atoms with E-state index in [0.717, 1.165) is 25.9 Å². The Bertz CT molecular complexity index is 1320. The average Bonchev–Trinajstić information content (AvgIpc) is 3.30. The molecule has 1 aromatic heterocycles. The molecule has 0 spiro atoms. The first-order valence-corrected chi connectivity index (χ1v) is 12.8. The minimum absolute atomic E-state index is 0.0842. The lowest BCUT2D eigenvalue weighted by molar-refractivity contribution is -0.141. The van der Waals surface area contributed by atoms with E-state index in [1.807, 2.05) is 4.72 Å². The van der Waals surface area contributed by atoms with Crippen LogP contribution in [-0.2, 0) is 14.8 Å². The van der Waals surface area contributed by atoms with Gasteiger partial charge in [0.2, 0.25) is 21.3 Å². The molecule has 0 radical (unpaired) electrons. The molecule has 2 heterocycles. The first-order chi connectivity index (χ1) is 16.7. The van der Waals surface area contributed by atoms with Crippen LogP contribution in [0.3, 0.4) is 0 Å². The van der Waals surface area contributed by atoms with Crippen LogP contribution in [-0.4, -0.2) is 62.0 Å². The summed E-state index contributed by atoms with van der Waals surface area (Å²) in [5.74, 6) is -1.61. The Kier molecular flexibility index (Phi) is 7.22. The molecule has 4 rings (SSSR count). The zero-order chi connectivity index (χ0) is 25.1. The van der Waals surface area contributed by atoms with Crippen LogP contribution in [0.25, 0.3) is 10.9 Å². The molecule has 3 aromatic rings. The molecule has 1 aliphatic heterocycles. The van der Waals surface area contributed by atoms with Crippen molar-refractivity contribution in [2.24, 2.45) is 11.7 Å². The maximum Gasteiger partial charge on any atom is 0.334 e. The van der Waals surface area contributed by atoms with E-state index in [-0.39, 0.29) is 10.6 Å². The van der Waals surface area contributed by atoms with E-state index in [1.165, 1.54) is 30.3 Å². The first-order valence-electron chi connectivity index (χ1n) is 11.3. The molecular formula is C24H28N4O6S. The third-order valence-corrected chi connectivity index (χ3v) is 7.71. The number of hydrogen-bond acceptors (Lipinski definition) is 7. The number of carbonyl (C=O) groups is 2. The minimum atomic E-state index is -4.35. The van der Waals surface area contributed by atoms with Crippen LogP contribution >= 0.6 is 0 Å². The van der Waals surface area contributed by atoms with E-state index in [4.69, 9.17) is 10.5 Å². The second-order valence-corrected chi connectivity index (χ2v) is 10.3. The lowest BCUT2D eigenvalue weighted by Crippen LogP contribution is -2.64. The number of rotatable bonds is 10. The first kappa shape index (κ1) is 24.9. The number of carbonyl (C=O) groups excluding carboxylic acids is 1. The summed E-state index contributed by atoms with van der Waals surface area (Å²) in [7, 11) is -4.35. The van der Waals surface area contributed by atoms with Gasteiger partial charge in [0.25, 0.3) is 0 Å². The van der Waals surface area contributed by atoms with Gasteiger partial charge >= 0.3 is 5.97 Å². The van der Waals surface area contributed by atoms with Gasteiger partial charge in [-0.1, -0.05) is 18.2 Å². The number of ketones is 1. The van der Waals surface area contributed by atoms with Crippen molar-refractivity contribution in [2.45, 2.75) is 23.3 Å². The Balaban J connectivity index is 1.59. The number of nitrogens with two attached hydrogens (primary N) is 1. The summed E-state index contributed by atoms with van der Waals surface area (Å²) in [6.07, 6.45) is 2.08. The molecule has 0 aliphatic carbocycles. The molecule has 1 atom stereocenters. The molecule has 186 valence electrons. The normalized spacial score (nSPS) is 16.6. The highest BCUT2D eigenvalue weighted by molar-refractivity contribution is 7.89. The number of piperidine rings is 1. The third-order valence-electron chi connectivity index (χ3n) is 6.20. The molecule has 2 aromatic carbocycles. The number of fused-ring (bicyclic) bond motifs is 1. The van der Waals surface area contributed by atoms with Crippen LogP contribution in [0.15, 0.2) is 59.5 Å². The summed E-state index contributed by atoms with van der Waals surface area (Å²) in [4.78, 5) is 28.3. The maximum atomic E-state index is 13.4. The fourth-order valence-electron chi connectivity index (χ4n) is 4.11. The molecule has 6 N–H and O–H groups in total. The second kappa shape index (κ2) is 10.2. The Hall–Kier alpha value is -3.25. The van der Waals surface area contributed by atoms with Gasteiger partial charge < -0.3 is 25.9 Å². The lowest BCUT2D eigenvalue weighted by Gasteiger charge is -2.26. The predicted octanol–water partition coefficient (Wildman–Crippen LogP) is 1.49. The van der Waals surface area contributed by atoms with Crippen LogP contribution in [0.4, 0.5) is 0 Å². The number of nitrogens with one attached hydrogen (secondary N) is 3. The Labute approximate surface area is 202 Å². The van der Waals surface area contributed by atoms with Gasteiger partial charge in [0, 0.05) is 17.4 Å². The van der Waals surface area contributed by atoms with Crippen LogP contribution in [0.5, 0.6) is 5.75 Å². The summed E-state index contributed by atoms with van der Waals surface area (Å²) in [5, 5.41) is 13.8. The molecule has 0 saturated carbocycles. The maximum absolute atomic E-state index is 13.4. The van der Waals surface area contributed by atoms with Crippen molar-refractivity contribution in [3.8, 4) is 5.75 Å². The highest BCUT2D eigenvalue weighted by Crippen LogP contribution is 2.26. The minimum Gasteiger partial charge on any atom is -0.493 e. The quantitative estimate of drug-likeness (QED) is 0.206. The number of benzene rings is 2. The lowest BCUT2D eigenvalue weighted by atomic mass is 9.93. The van der Waals surface area contributed by atoms with Gasteiger partial charge in [-0.3, -0.25) is 4.79 Å². The Morgan fingerprint density at radius 1 is 1.11 bits per heavy atom. The highest BCUT2D eigenvalue weighted by Gasteiger charge is 2.49. The van der Waals surface area contributed by atoms with Crippen molar-refractivity contribution in [1.82, 2.24) is 15.0 Å². The summed E-state index contributed by atoms with van der Waals surface area (Å²) in [6.45, 7) is 1.74. The van der Waals surface area contributed by atoms with Gasteiger partial charge in [-0.05, 0) is 68.2 Å². The van der Waals surface area contributed by atoms with Crippen molar-refractivity contribution in [2.75, 3.05) is 26.2 Å². The number of H-pyrrole nitrogens is 1. The van der Waals surface area contributed by atoms with E-state index in [2.05, 4.69) is 10.3 Å². The average molecular weight is 501 g/mol. The number of carboxylic acid groups (broad SMARTS) is 1. The smallest absolute Gasteiger partial charge is 0.334 e. The second-order valence-electron chi connectivity index (χ2n) is 8.60. The number of aliphatic carboxylic acids is 1. The van der Waals surface area contributed by atoms with Gasteiger partial charge in [-0.2, -0.15) is 4.72 Å². The molecule has 0 amide bonds. The van der Waals surface area contributed by atoms with Crippen molar-refractivity contribution in [3.63, 3.8) is 0 Å². The number of hydrogen-bond donors (Lipinski definition) is 5. The van der Waals surface area contributed by atoms with E-state index < -0.39 is 33.9 Å².